The Morgan fingerprint density at radius 2 is 0.800 bits per heavy atom. The highest BCUT2D eigenvalue weighted by atomic mass is 16.5. The van der Waals surface area contributed by atoms with Crippen LogP contribution in [0.3, 0.4) is 0 Å². The van der Waals surface area contributed by atoms with Crippen LogP contribution < -0.4 is 9.47 Å². The number of ether oxygens (including phenoxy) is 2. The van der Waals surface area contributed by atoms with E-state index in [9.17, 15) is 9.90 Å². The number of aromatic nitrogens is 2. The van der Waals surface area contributed by atoms with E-state index in [0.717, 1.165) is 52.2 Å². The van der Waals surface area contributed by atoms with E-state index < -0.39 is 5.97 Å². The van der Waals surface area contributed by atoms with Gasteiger partial charge >= 0.3 is 5.97 Å². The zero-order valence-electron chi connectivity index (χ0n) is 38.8. The molecule has 5 aromatic carbocycles. The fourth-order valence-electron chi connectivity index (χ4n) is 8.65. The lowest BCUT2D eigenvalue weighted by Gasteiger charge is -2.11. The van der Waals surface area contributed by atoms with Crippen molar-refractivity contribution in [3.05, 3.63) is 109 Å². The highest BCUT2D eigenvalue weighted by Gasteiger charge is 2.27. The molecule has 0 aliphatic heterocycles. The molecule has 0 unspecified atom stereocenters. The lowest BCUT2D eigenvalue weighted by Crippen LogP contribution is -1.97. The van der Waals surface area contributed by atoms with Crippen LogP contribution in [0.2, 0.25) is 0 Å². The van der Waals surface area contributed by atoms with Gasteiger partial charge in [-0.15, -0.1) is 0 Å². The summed E-state index contributed by atoms with van der Waals surface area (Å²) in [6.07, 6.45) is 25.6. The van der Waals surface area contributed by atoms with E-state index in [-0.39, 0.29) is 5.56 Å². The minimum Gasteiger partial charge on any atom is -0.494 e. The number of rotatable bonds is 29. The summed E-state index contributed by atoms with van der Waals surface area (Å²) in [5.74, 6) is 1.49. The Hall–Kier alpha value is -5.89. The zero-order chi connectivity index (χ0) is 45.1. The molecule has 0 amide bonds. The molecule has 0 fully saturated rings. The lowest BCUT2D eigenvalue weighted by molar-refractivity contribution is 0.0697. The number of carboxylic acid groups (broad SMARTS) is 1. The van der Waals surface area contributed by atoms with E-state index in [4.69, 9.17) is 28.3 Å². The molecule has 0 atom stereocenters. The highest BCUT2D eigenvalue weighted by Crippen LogP contribution is 2.46. The number of carbonyl (C=O) groups is 1. The first-order valence-corrected chi connectivity index (χ1v) is 24.7. The molecule has 0 spiro atoms. The largest absolute Gasteiger partial charge is 0.494 e. The van der Waals surface area contributed by atoms with Crippen molar-refractivity contribution in [3.63, 3.8) is 0 Å². The summed E-state index contributed by atoms with van der Waals surface area (Å²) in [6.45, 7) is 5.89. The monoisotopic (exact) mass is 877 g/mol. The minimum absolute atomic E-state index is 0.187. The van der Waals surface area contributed by atoms with Crippen molar-refractivity contribution >= 4 is 28.2 Å². The van der Waals surface area contributed by atoms with Gasteiger partial charge in [0, 0.05) is 11.1 Å². The molecule has 0 saturated heterocycles. The third-order valence-electron chi connectivity index (χ3n) is 12.4. The van der Waals surface area contributed by atoms with Crippen LogP contribution in [-0.2, 0) is 0 Å². The molecule has 1 N–H and O–H groups in total. The van der Waals surface area contributed by atoms with Crippen molar-refractivity contribution in [2.45, 2.75) is 142 Å². The molecule has 0 radical (unpaired) electrons. The van der Waals surface area contributed by atoms with Gasteiger partial charge < -0.3 is 23.4 Å². The van der Waals surface area contributed by atoms with Gasteiger partial charge in [-0.05, 0) is 84.6 Å². The summed E-state index contributed by atoms with van der Waals surface area (Å²) in [5.41, 5.74) is 7.37. The van der Waals surface area contributed by atoms with Crippen molar-refractivity contribution in [3.8, 4) is 56.7 Å². The van der Waals surface area contributed by atoms with E-state index >= 15 is 0 Å². The Balaban J connectivity index is 1.14. The van der Waals surface area contributed by atoms with Crippen LogP contribution in [0.15, 0.2) is 112 Å². The van der Waals surface area contributed by atoms with Gasteiger partial charge in [0.1, 0.15) is 22.5 Å². The Morgan fingerprint density at radius 1 is 0.446 bits per heavy atom. The number of carboxylic acids is 1. The van der Waals surface area contributed by atoms with Crippen molar-refractivity contribution in [2.75, 3.05) is 13.2 Å². The maximum Gasteiger partial charge on any atom is 0.335 e. The maximum atomic E-state index is 11.7. The fraction of sp³-hybridized carbons (Fsp3) is 0.421. The third-order valence-corrected chi connectivity index (χ3v) is 12.4. The summed E-state index contributed by atoms with van der Waals surface area (Å²) in [7, 11) is 0. The van der Waals surface area contributed by atoms with E-state index in [1.54, 1.807) is 24.3 Å². The number of benzene rings is 5. The van der Waals surface area contributed by atoms with Crippen LogP contribution in [0.5, 0.6) is 11.5 Å². The van der Waals surface area contributed by atoms with Gasteiger partial charge in [0.2, 0.25) is 11.8 Å². The maximum absolute atomic E-state index is 11.7. The molecular weight excluding hydrogens is 809 g/mol. The number of hydrogen-bond acceptors (Lipinski definition) is 7. The van der Waals surface area contributed by atoms with E-state index in [1.807, 2.05) is 78.9 Å². The molecule has 7 rings (SSSR count). The molecule has 0 aliphatic carbocycles. The Kier molecular flexibility index (Phi) is 18.1. The van der Waals surface area contributed by atoms with Gasteiger partial charge in [-0.3, -0.25) is 0 Å². The summed E-state index contributed by atoms with van der Waals surface area (Å²) in [6, 6.07) is 32.7. The Morgan fingerprint density at radius 3 is 1.18 bits per heavy atom. The van der Waals surface area contributed by atoms with Crippen LogP contribution in [-0.4, -0.2) is 34.3 Å². The van der Waals surface area contributed by atoms with Crippen molar-refractivity contribution in [2.24, 2.45) is 0 Å². The van der Waals surface area contributed by atoms with Crippen LogP contribution in [0.4, 0.5) is 0 Å². The predicted octanol–water partition coefficient (Wildman–Crippen LogP) is 16.9. The first-order chi connectivity index (χ1) is 32.0. The smallest absolute Gasteiger partial charge is 0.335 e. The molecule has 0 bridgehead atoms. The molecule has 2 aromatic heterocycles. The number of oxazole rings is 2. The van der Waals surface area contributed by atoms with Gasteiger partial charge in [-0.2, -0.15) is 0 Å². The van der Waals surface area contributed by atoms with Crippen LogP contribution in [0.25, 0.3) is 67.4 Å². The number of aromatic carboxylic acids is 1. The van der Waals surface area contributed by atoms with Gasteiger partial charge in [0.05, 0.1) is 29.9 Å². The normalized spacial score (nSPS) is 11.5. The van der Waals surface area contributed by atoms with Crippen LogP contribution in [0, 0.1) is 0 Å². The zero-order valence-corrected chi connectivity index (χ0v) is 38.8. The van der Waals surface area contributed by atoms with Gasteiger partial charge in [0.25, 0.3) is 0 Å². The molecule has 8 nitrogen and oxygen atoms in total. The molecule has 2 heterocycles. The molecule has 7 aromatic rings. The number of unbranched alkanes of at least 4 members (excludes halogenated alkanes) is 18. The quantitative estimate of drug-likeness (QED) is 0.0464. The minimum atomic E-state index is -0.994. The van der Waals surface area contributed by atoms with E-state index in [0.29, 0.717) is 52.8 Å². The summed E-state index contributed by atoms with van der Waals surface area (Å²) < 4.78 is 26.0. The summed E-state index contributed by atoms with van der Waals surface area (Å²) >= 11 is 0. The second-order valence-corrected chi connectivity index (χ2v) is 17.5. The second kappa shape index (κ2) is 25.0. The Labute approximate surface area is 385 Å². The summed E-state index contributed by atoms with van der Waals surface area (Å²) in [4.78, 5) is 22.0. The van der Waals surface area contributed by atoms with E-state index in [2.05, 4.69) is 13.8 Å². The molecule has 8 heteroatoms. The number of nitrogens with zero attached hydrogens (tertiary/aromatic N) is 2. The average Bonchev–Trinajstić information content (AvgIpc) is 3.98. The predicted molar refractivity (Wildman–Crippen MR) is 265 cm³/mol. The summed E-state index contributed by atoms with van der Waals surface area (Å²) in [5, 5.41) is 9.60. The highest BCUT2D eigenvalue weighted by molar-refractivity contribution is 6.16. The van der Waals surface area contributed by atoms with Gasteiger partial charge in [-0.25, -0.2) is 14.8 Å². The molecular formula is C57H68N2O6. The first-order valence-electron chi connectivity index (χ1n) is 24.7. The van der Waals surface area contributed by atoms with Crippen LogP contribution >= 0.6 is 0 Å². The van der Waals surface area contributed by atoms with Crippen LogP contribution in [0.1, 0.15) is 153 Å². The lowest BCUT2D eigenvalue weighted by atomic mass is 9.96. The van der Waals surface area contributed by atoms with Gasteiger partial charge in [0.15, 0.2) is 11.2 Å². The molecule has 0 saturated carbocycles. The Bertz CT molecular complexity index is 2360. The molecule has 342 valence electrons. The number of hydrogen-bond donors (Lipinski definition) is 1. The SMILES string of the molecule is CCCCCCCCCCCCOc1ccc(-c2c3nc(-c4ccc(C(=O)O)cc4)oc3c(-c3ccc(OCCCCCCCCCCCC)cc3)c3nc(-c4ccccc4)oc23)cc1. The van der Waals surface area contributed by atoms with E-state index in [1.165, 1.54) is 116 Å². The first kappa shape index (κ1) is 47.1. The van der Waals surface area contributed by atoms with Crippen molar-refractivity contribution in [1.29, 1.82) is 0 Å². The van der Waals surface area contributed by atoms with Gasteiger partial charge in [-0.1, -0.05) is 172 Å². The van der Waals surface area contributed by atoms with Crippen molar-refractivity contribution < 1.29 is 28.2 Å². The number of fused-ring (bicyclic) bond motifs is 2. The molecule has 0 aliphatic rings. The second-order valence-electron chi connectivity index (χ2n) is 17.5. The topological polar surface area (TPSA) is 108 Å². The fourth-order valence-corrected chi connectivity index (χ4v) is 8.65. The standard InChI is InChI=1S/C57H68N2O6/c1-3-5-7-9-11-13-15-17-19-24-40-62-47-36-32-42(33-37-47)49-51-53(64-55(58-51)44-26-22-21-23-27-44)50(52-54(49)65-56(59-52)45-28-30-46(31-29-45)57(60)61)43-34-38-48(39-35-43)63-41-25-20-18-16-14-12-10-8-6-4-2/h21-23,26-39H,3-20,24-25,40-41H2,1-2H3,(H,60,61). The third kappa shape index (κ3) is 13.1. The van der Waals surface area contributed by atoms with Crippen molar-refractivity contribution in [1.82, 2.24) is 9.97 Å². The average molecular weight is 877 g/mol. The molecule has 65 heavy (non-hydrogen) atoms.